The van der Waals surface area contributed by atoms with Gasteiger partial charge in [-0.25, -0.2) is 8.78 Å². The molecule has 0 atom stereocenters. The van der Waals surface area contributed by atoms with Crippen LogP contribution < -0.4 is 10.6 Å². The molecule has 0 aromatic heterocycles. The molecule has 0 bridgehead atoms. The number of nitrogens with zero attached hydrogens (tertiary/aromatic N) is 1. The highest BCUT2D eigenvalue weighted by atomic mass is 19.1. The van der Waals surface area contributed by atoms with Crippen LogP contribution in [0.2, 0.25) is 0 Å². The van der Waals surface area contributed by atoms with Gasteiger partial charge in [-0.2, -0.15) is 0 Å². The van der Waals surface area contributed by atoms with E-state index in [0.717, 1.165) is 31.8 Å². The van der Waals surface area contributed by atoms with E-state index in [4.69, 9.17) is 0 Å². The first-order valence-electron chi connectivity index (χ1n) is 7.20. The number of hydrogen-bond acceptors (Lipinski definition) is 3. The van der Waals surface area contributed by atoms with Crippen LogP contribution in [-0.4, -0.2) is 49.4 Å². The summed E-state index contributed by atoms with van der Waals surface area (Å²) >= 11 is 0. The Bertz CT molecular complexity index is 520. The maximum absolute atomic E-state index is 13.4. The smallest absolute Gasteiger partial charge is 0.254 e. The third kappa shape index (κ3) is 5.77. The van der Waals surface area contributed by atoms with Crippen molar-refractivity contribution in [1.29, 1.82) is 0 Å². The first kappa shape index (κ1) is 18.0. The molecular weight excluding hydrogens is 292 g/mol. The molecule has 5 nitrogen and oxygen atoms in total. The van der Waals surface area contributed by atoms with Crippen LogP contribution in [0, 0.1) is 11.6 Å². The Morgan fingerprint density at radius 1 is 1.14 bits per heavy atom. The van der Waals surface area contributed by atoms with Gasteiger partial charge in [-0.3, -0.25) is 9.59 Å². The molecule has 2 N–H and O–H groups in total. The van der Waals surface area contributed by atoms with E-state index in [9.17, 15) is 18.4 Å². The van der Waals surface area contributed by atoms with Crippen molar-refractivity contribution >= 4 is 11.8 Å². The second-order valence-corrected chi connectivity index (χ2v) is 4.68. The molecule has 1 aromatic rings. The molecule has 7 heteroatoms. The molecule has 0 fully saturated rings. The zero-order chi connectivity index (χ0) is 16.5. The lowest BCUT2D eigenvalue weighted by molar-refractivity contribution is -0.120. The predicted molar refractivity (Wildman–Crippen MR) is 79.5 cm³/mol. The molecule has 0 spiro atoms. The molecule has 1 aromatic carbocycles. The molecule has 0 saturated carbocycles. The van der Waals surface area contributed by atoms with Crippen LogP contribution in [-0.2, 0) is 4.79 Å². The first-order valence-corrected chi connectivity index (χ1v) is 7.20. The van der Waals surface area contributed by atoms with Crippen molar-refractivity contribution in [3.8, 4) is 0 Å². The fourth-order valence-corrected chi connectivity index (χ4v) is 1.89. The Balaban J connectivity index is 2.36. The molecule has 0 saturated heterocycles. The minimum Gasteiger partial charge on any atom is -0.353 e. The largest absolute Gasteiger partial charge is 0.353 e. The number of likely N-dealkylation sites (N-methyl/N-ethyl adjacent to an activating group) is 1. The summed E-state index contributed by atoms with van der Waals surface area (Å²) in [6.07, 6.45) is 0. The van der Waals surface area contributed by atoms with Crippen molar-refractivity contribution < 1.29 is 18.4 Å². The summed E-state index contributed by atoms with van der Waals surface area (Å²) in [6, 6.07) is 2.65. The summed E-state index contributed by atoms with van der Waals surface area (Å²) in [7, 11) is 0. The van der Waals surface area contributed by atoms with E-state index < -0.39 is 17.5 Å². The highest BCUT2D eigenvalue weighted by Crippen LogP contribution is 2.08. The fraction of sp³-hybridized carbons (Fsp3) is 0.467. The number of carbonyl (C=O) groups excluding carboxylic acids is 2. The summed E-state index contributed by atoms with van der Waals surface area (Å²) in [6.45, 7) is 6.79. The molecule has 2 amide bonds. The SMILES string of the molecule is CCN(CC)CCNC(=O)CNC(=O)c1ccc(F)cc1F. The lowest BCUT2D eigenvalue weighted by atomic mass is 10.2. The number of carbonyl (C=O) groups is 2. The van der Waals surface area contributed by atoms with E-state index in [1.807, 2.05) is 13.8 Å². The minimum atomic E-state index is -0.959. The van der Waals surface area contributed by atoms with E-state index in [1.54, 1.807) is 0 Å². The van der Waals surface area contributed by atoms with E-state index in [0.29, 0.717) is 12.6 Å². The fourth-order valence-electron chi connectivity index (χ4n) is 1.89. The first-order chi connectivity index (χ1) is 10.5. The van der Waals surface area contributed by atoms with Crippen LogP contribution in [0.4, 0.5) is 8.78 Å². The average Bonchev–Trinajstić information content (AvgIpc) is 2.49. The summed E-state index contributed by atoms with van der Waals surface area (Å²) in [5.74, 6) is -2.83. The van der Waals surface area contributed by atoms with Crippen molar-refractivity contribution in [2.24, 2.45) is 0 Å². The lowest BCUT2D eigenvalue weighted by Gasteiger charge is -2.18. The molecule has 22 heavy (non-hydrogen) atoms. The van der Waals surface area contributed by atoms with Crippen molar-refractivity contribution in [3.05, 3.63) is 35.4 Å². The van der Waals surface area contributed by atoms with E-state index in [-0.39, 0.29) is 18.0 Å². The quantitative estimate of drug-likeness (QED) is 0.757. The van der Waals surface area contributed by atoms with Gasteiger partial charge in [-0.15, -0.1) is 0 Å². The van der Waals surface area contributed by atoms with E-state index in [2.05, 4.69) is 15.5 Å². The Morgan fingerprint density at radius 3 is 2.41 bits per heavy atom. The molecule has 0 aliphatic heterocycles. The van der Waals surface area contributed by atoms with E-state index >= 15 is 0 Å². The molecule has 0 unspecified atom stereocenters. The number of amides is 2. The second-order valence-electron chi connectivity index (χ2n) is 4.68. The van der Waals surface area contributed by atoms with Gasteiger partial charge in [0.1, 0.15) is 11.6 Å². The zero-order valence-corrected chi connectivity index (χ0v) is 12.8. The van der Waals surface area contributed by atoms with Gasteiger partial charge in [-0.05, 0) is 25.2 Å². The number of benzene rings is 1. The highest BCUT2D eigenvalue weighted by Gasteiger charge is 2.13. The third-order valence-corrected chi connectivity index (χ3v) is 3.23. The van der Waals surface area contributed by atoms with Crippen LogP contribution in [0.25, 0.3) is 0 Å². The average molecular weight is 313 g/mol. The van der Waals surface area contributed by atoms with Crippen molar-refractivity contribution in [1.82, 2.24) is 15.5 Å². The summed E-state index contributed by atoms with van der Waals surface area (Å²) in [5.41, 5.74) is -0.294. The topological polar surface area (TPSA) is 61.4 Å². The summed E-state index contributed by atoms with van der Waals surface area (Å²) in [4.78, 5) is 25.4. The number of rotatable bonds is 8. The molecule has 0 aliphatic carbocycles. The van der Waals surface area contributed by atoms with Crippen molar-refractivity contribution in [2.75, 3.05) is 32.7 Å². The van der Waals surface area contributed by atoms with Crippen molar-refractivity contribution in [2.45, 2.75) is 13.8 Å². The van der Waals surface area contributed by atoms with E-state index in [1.165, 1.54) is 0 Å². The zero-order valence-electron chi connectivity index (χ0n) is 12.8. The summed E-state index contributed by atoms with van der Waals surface area (Å²) < 4.78 is 26.1. The molecule has 1 rings (SSSR count). The monoisotopic (exact) mass is 313 g/mol. The van der Waals surface area contributed by atoms with Gasteiger partial charge in [-0.1, -0.05) is 13.8 Å². The predicted octanol–water partition coefficient (Wildman–Crippen LogP) is 1.15. The summed E-state index contributed by atoms with van der Waals surface area (Å²) in [5, 5.41) is 4.96. The Labute approximate surface area is 128 Å². The lowest BCUT2D eigenvalue weighted by Crippen LogP contribution is -2.40. The maximum atomic E-state index is 13.4. The number of hydrogen-bond donors (Lipinski definition) is 2. The molecule has 0 aliphatic rings. The van der Waals surface area contributed by atoms with Crippen LogP contribution in [0.3, 0.4) is 0 Å². The van der Waals surface area contributed by atoms with Crippen LogP contribution >= 0.6 is 0 Å². The Morgan fingerprint density at radius 2 is 1.82 bits per heavy atom. The van der Waals surface area contributed by atoms with Gasteiger partial charge in [0, 0.05) is 19.2 Å². The van der Waals surface area contributed by atoms with Gasteiger partial charge in [0.25, 0.3) is 5.91 Å². The van der Waals surface area contributed by atoms with Gasteiger partial charge in [0.05, 0.1) is 12.1 Å². The maximum Gasteiger partial charge on any atom is 0.254 e. The molecule has 0 heterocycles. The molecule has 0 radical (unpaired) electrons. The van der Waals surface area contributed by atoms with Crippen LogP contribution in [0.15, 0.2) is 18.2 Å². The third-order valence-electron chi connectivity index (χ3n) is 3.23. The number of halogens is 2. The Hall–Kier alpha value is -2.02. The van der Waals surface area contributed by atoms with Gasteiger partial charge in [0.15, 0.2) is 0 Å². The molecule has 122 valence electrons. The Kier molecular flexibility index (Phi) is 7.45. The minimum absolute atomic E-state index is 0.256. The number of nitrogens with one attached hydrogen (secondary N) is 2. The molecular formula is C15H21F2N3O2. The second kappa shape index (κ2) is 9.09. The van der Waals surface area contributed by atoms with Gasteiger partial charge in [0.2, 0.25) is 5.91 Å². The van der Waals surface area contributed by atoms with Crippen molar-refractivity contribution in [3.63, 3.8) is 0 Å². The standard InChI is InChI=1S/C15H21F2N3O2/c1-3-20(4-2)8-7-18-14(21)10-19-15(22)12-6-5-11(16)9-13(12)17/h5-6,9H,3-4,7-8,10H2,1-2H3,(H,18,21)(H,19,22). The normalized spacial score (nSPS) is 10.6. The van der Waals surface area contributed by atoms with Crippen LogP contribution in [0.5, 0.6) is 0 Å². The van der Waals surface area contributed by atoms with Gasteiger partial charge < -0.3 is 15.5 Å². The van der Waals surface area contributed by atoms with Gasteiger partial charge >= 0.3 is 0 Å². The highest BCUT2D eigenvalue weighted by molar-refractivity contribution is 5.96. The van der Waals surface area contributed by atoms with Crippen LogP contribution in [0.1, 0.15) is 24.2 Å².